The maximum absolute atomic E-state index is 10.9. The van der Waals surface area contributed by atoms with Crippen LogP contribution < -0.4 is 59.1 Å². The molecule has 0 aliphatic rings. The average molecular weight is 217 g/mol. The Labute approximate surface area is 95.6 Å². The van der Waals surface area contributed by atoms with Crippen LogP contribution in [0.4, 0.5) is 21.3 Å². The van der Waals surface area contributed by atoms with Crippen LogP contribution in [0.1, 0.15) is 2.85 Å². The molecular formula is H2F6MnNa2. The summed E-state index contributed by atoms with van der Waals surface area (Å²) in [4.78, 5) is 0. The van der Waals surface area contributed by atoms with Gasteiger partial charge in [-0.1, -0.05) is 0 Å². The first-order valence-corrected chi connectivity index (χ1v) is 3.53. The second-order valence-electron chi connectivity index (χ2n) is 0.810. The Morgan fingerprint density at radius 3 is 0.667 bits per heavy atom. The molecule has 0 amide bonds. The molecule has 0 aromatic heterocycles. The van der Waals surface area contributed by atoms with E-state index in [0.717, 1.165) is 0 Å². The summed E-state index contributed by atoms with van der Waals surface area (Å²) >= 11 is -10.9. The first-order chi connectivity index (χ1) is 2.45. The third kappa shape index (κ3) is 150. The van der Waals surface area contributed by atoms with E-state index in [1.807, 2.05) is 0 Å². The predicted molar refractivity (Wildman–Crippen MR) is 8.87 cm³/mol. The van der Waals surface area contributed by atoms with Gasteiger partial charge >= 0.3 is 93.9 Å². The molecule has 0 aromatic carbocycles. The Bertz CT molecular complexity index is 77.1. The summed E-state index contributed by atoms with van der Waals surface area (Å²) in [6, 6.07) is 0. The van der Waals surface area contributed by atoms with Crippen molar-refractivity contribution in [2.45, 2.75) is 0 Å². The molecule has 0 unspecified atom stereocenters. The van der Waals surface area contributed by atoms with Crippen molar-refractivity contribution in [3.63, 3.8) is 0 Å². The Hall–Kier alpha value is 2.10. The van der Waals surface area contributed by atoms with E-state index in [4.69, 9.17) is 0 Å². The van der Waals surface area contributed by atoms with Gasteiger partial charge in [0.25, 0.3) is 0 Å². The maximum atomic E-state index is 9.89. The standard InChI is InChI=1S/6FH.Mn.2Na.2H/h6*1H;;;;;/q;;;;;;+6;2*+1;2*-1/p-6. The van der Waals surface area contributed by atoms with E-state index in [-0.39, 0.29) is 62.0 Å². The molecule has 0 atom stereocenters. The van der Waals surface area contributed by atoms with Crippen molar-refractivity contribution < 1.29 is 96.7 Å². The van der Waals surface area contributed by atoms with E-state index < -0.39 is 13.5 Å². The SMILES string of the molecule is [F][Mn]([F])([F])([F])([F])[F].[H-].[H-].[Na+].[Na+]. The van der Waals surface area contributed by atoms with Crippen molar-refractivity contribution in [3.05, 3.63) is 0 Å². The van der Waals surface area contributed by atoms with Crippen LogP contribution in [0.3, 0.4) is 0 Å². The Morgan fingerprint density at radius 1 is 0.667 bits per heavy atom. The van der Waals surface area contributed by atoms with Gasteiger partial charge in [0.1, 0.15) is 0 Å². The van der Waals surface area contributed by atoms with Gasteiger partial charge in [0.05, 0.1) is 0 Å². The van der Waals surface area contributed by atoms with Gasteiger partial charge in [-0.05, 0) is 0 Å². The normalized spacial score (nSPS) is 18.0. The Balaban J connectivity index is -0.0000000300. The fourth-order valence-electron chi connectivity index (χ4n) is 0. The van der Waals surface area contributed by atoms with E-state index in [0.29, 0.717) is 0 Å². The first kappa shape index (κ1) is 17.3. The van der Waals surface area contributed by atoms with E-state index in [2.05, 4.69) is 0 Å². The Morgan fingerprint density at radius 2 is 0.667 bits per heavy atom. The molecule has 0 radical (unpaired) electrons. The minimum Gasteiger partial charge on any atom is -1.00 e. The number of rotatable bonds is 0. The van der Waals surface area contributed by atoms with Gasteiger partial charge in [-0.3, -0.25) is 0 Å². The van der Waals surface area contributed by atoms with Crippen LogP contribution in [0, 0.1) is 0 Å². The Kier molecular flexibility index (Phi) is 5.48. The average Bonchev–Trinajstić information content (AvgIpc) is 0.592. The largest absolute Gasteiger partial charge is 1.00 e. The second-order valence-corrected chi connectivity index (χ2v) is 3.34. The molecule has 0 bridgehead atoms. The van der Waals surface area contributed by atoms with Gasteiger partial charge in [0, 0.05) is 0 Å². The second kappa shape index (κ2) is 2.86. The third-order valence-corrected chi connectivity index (χ3v) is 0. The molecule has 0 rings (SSSR count). The summed E-state index contributed by atoms with van der Waals surface area (Å²) in [5, 5.41) is 0. The van der Waals surface area contributed by atoms with Gasteiger partial charge in [0.2, 0.25) is 0 Å². The zero-order chi connectivity index (χ0) is 6.41. The molecule has 9 heteroatoms. The fraction of sp³-hybridized carbons (Fsp3) is 0. The number of hydrogen-bond donors (Lipinski definition) is 0. The predicted octanol–water partition coefficient (Wildman–Crippen LogP) is -3.25. The van der Waals surface area contributed by atoms with E-state index >= 15 is 0 Å². The molecule has 0 aromatic rings. The zero-order valence-corrected chi connectivity index (χ0v) is 9.83. The van der Waals surface area contributed by atoms with Crippen LogP contribution in [-0.2, 0) is 13.5 Å². The molecule has 0 heterocycles. The first-order valence-electron chi connectivity index (χ1n) is 0.857. The quantitative estimate of drug-likeness (QED) is 0.295. The van der Waals surface area contributed by atoms with Crippen molar-refractivity contribution >= 4 is 0 Å². The molecular weight excluding hydrogens is 215 g/mol. The van der Waals surface area contributed by atoms with Gasteiger partial charge < -0.3 is 2.85 Å². The summed E-state index contributed by atoms with van der Waals surface area (Å²) in [5.41, 5.74) is 0. The molecule has 0 saturated carbocycles. The summed E-state index contributed by atoms with van der Waals surface area (Å²) in [6.45, 7) is 0. The van der Waals surface area contributed by atoms with Crippen LogP contribution >= 0.6 is 0 Å². The van der Waals surface area contributed by atoms with Crippen molar-refractivity contribution in [2.75, 3.05) is 0 Å². The van der Waals surface area contributed by atoms with Crippen LogP contribution in [0.2, 0.25) is 0 Å². The molecule has 53 valence electrons. The van der Waals surface area contributed by atoms with Crippen molar-refractivity contribution in [3.8, 4) is 0 Å². The topological polar surface area (TPSA) is 0 Å². The minimum atomic E-state index is -10.9. The van der Waals surface area contributed by atoms with Crippen molar-refractivity contribution in [1.29, 1.82) is 0 Å². The van der Waals surface area contributed by atoms with E-state index in [1.54, 1.807) is 0 Å². The molecule has 0 aliphatic carbocycles. The zero-order valence-electron chi connectivity index (χ0n) is 6.65. The third-order valence-electron chi connectivity index (χ3n) is 0. The monoisotopic (exact) mass is 217 g/mol. The smallest absolute Gasteiger partial charge is 1.00 e. The molecule has 0 N–H and O–H groups in total. The fourth-order valence-corrected chi connectivity index (χ4v) is 0. The minimum absolute atomic E-state index is 0. The van der Waals surface area contributed by atoms with E-state index in [1.165, 1.54) is 0 Å². The summed E-state index contributed by atoms with van der Waals surface area (Å²) < 4.78 is 59.3. The van der Waals surface area contributed by atoms with Gasteiger partial charge in [-0.25, -0.2) is 0 Å². The molecule has 0 fully saturated rings. The summed E-state index contributed by atoms with van der Waals surface area (Å²) in [6.07, 6.45) is 0. The van der Waals surface area contributed by atoms with Gasteiger partial charge in [0.15, 0.2) is 0 Å². The molecule has 0 saturated heterocycles. The molecule has 0 spiro atoms. The number of hydrogen-bond acceptors (Lipinski definition) is 0. The maximum Gasteiger partial charge on any atom is 1.00 e. The van der Waals surface area contributed by atoms with Crippen molar-refractivity contribution in [2.24, 2.45) is 0 Å². The molecule has 9 heavy (non-hydrogen) atoms. The van der Waals surface area contributed by atoms with E-state index in [9.17, 15) is 21.3 Å². The van der Waals surface area contributed by atoms with Crippen LogP contribution in [0.15, 0.2) is 0 Å². The van der Waals surface area contributed by atoms with Crippen LogP contribution in [-0.4, -0.2) is 0 Å². The van der Waals surface area contributed by atoms with Gasteiger partial charge in [-0.15, -0.1) is 0 Å². The summed E-state index contributed by atoms with van der Waals surface area (Å²) in [7, 11) is 0. The number of halogens is 6. The molecule has 0 nitrogen and oxygen atoms in total. The van der Waals surface area contributed by atoms with Gasteiger partial charge in [-0.2, -0.15) is 0 Å². The summed E-state index contributed by atoms with van der Waals surface area (Å²) in [5.74, 6) is 0. The van der Waals surface area contributed by atoms with Crippen LogP contribution in [0.5, 0.6) is 0 Å². The van der Waals surface area contributed by atoms with Crippen molar-refractivity contribution in [1.82, 2.24) is 0 Å². The van der Waals surface area contributed by atoms with Crippen LogP contribution in [0.25, 0.3) is 0 Å². The molecule has 0 aliphatic heterocycles.